The molecule has 1 aromatic carbocycles. The Morgan fingerprint density at radius 3 is 2.86 bits per heavy atom. The molecular weight excluding hydrogens is 354 g/mol. The lowest BCUT2D eigenvalue weighted by molar-refractivity contribution is -0.138. The van der Waals surface area contributed by atoms with Gasteiger partial charge >= 0.3 is 6.03 Å². The SMILES string of the molecule is O=C1CC[C@]2(CCCN(C(=O)Nc3ccccc3)C2)CN1CCc1cnc[nH]1. The van der Waals surface area contributed by atoms with E-state index in [0.29, 0.717) is 19.5 Å². The Balaban J connectivity index is 1.38. The predicted molar refractivity (Wildman–Crippen MR) is 107 cm³/mol. The lowest BCUT2D eigenvalue weighted by Gasteiger charge is -2.48. The Morgan fingerprint density at radius 1 is 1.21 bits per heavy atom. The highest BCUT2D eigenvalue weighted by molar-refractivity contribution is 5.89. The monoisotopic (exact) mass is 381 g/mol. The van der Waals surface area contributed by atoms with Crippen LogP contribution in [0.2, 0.25) is 0 Å². The van der Waals surface area contributed by atoms with Crippen molar-refractivity contribution in [2.45, 2.75) is 32.1 Å². The molecule has 7 nitrogen and oxygen atoms in total. The molecule has 3 heterocycles. The Labute approximate surface area is 165 Å². The first-order valence-electron chi connectivity index (χ1n) is 10.00. The average molecular weight is 381 g/mol. The van der Waals surface area contributed by atoms with Crippen molar-refractivity contribution < 1.29 is 9.59 Å². The highest BCUT2D eigenvalue weighted by Crippen LogP contribution is 2.39. The summed E-state index contributed by atoms with van der Waals surface area (Å²) in [5.74, 6) is 0.219. The fraction of sp³-hybridized carbons (Fsp3) is 0.476. The van der Waals surface area contributed by atoms with Crippen molar-refractivity contribution in [1.29, 1.82) is 0 Å². The van der Waals surface area contributed by atoms with E-state index in [9.17, 15) is 9.59 Å². The van der Waals surface area contributed by atoms with Gasteiger partial charge in [-0.1, -0.05) is 18.2 Å². The maximum atomic E-state index is 12.7. The Kier molecular flexibility index (Phi) is 5.32. The standard InChI is InChI=1S/C21H27N5O2/c27-19-7-10-21(14-25(19)12-8-18-13-22-16-23-18)9-4-11-26(15-21)20(28)24-17-5-2-1-3-6-17/h1-3,5-6,13,16H,4,7-12,14-15H2,(H,22,23)(H,24,28)/t21-/m1/s1. The van der Waals surface area contributed by atoms with E-state index in [0.717, 1.165) is 50.2 Å². The summed E-state index contributed by atoms with van der Waals surface area (Å²) < 4.78 is 0. The third kappa shape index (κ3) is 4.18. The molecule has 3 amide bonds. The van der Waals surface area contributed by atoms with Gasteiger partial charge in [-0.2, -0.15) is 0 Å². The fourth-order valence-corrected chi connectivity index (χ4v) is 4.42. The summed E-state index contributed by atoms with van der Waals surface area (Å²) in [6.07, 6.45) is 7.72. The number of para-hydroxylation sites is 1. The van der Waals surface area contributed by atoms with Crippen molar-refractivity contribution in [2.75, 3.05) is 31.5 Å². The number of anilines is 1. The van der Waals surface area contributed by atoms with Gasteiger partial charge in [0.15, 0.2) is 0 Å². The topological polar surface area (TPSA) is 81.3 Å². The molecule has 4 rings (SSSR count). The summed E-state index contributed by atoms with van der Waals surface area (Å²) in [5, 5.41) is 2.99. The van der Waals surface area contributed by atoms with Gasteiger partial charge in [0.05, 0.1) is 6.33 Å². The molecule has 28 heavy (non-hydrogen) atoms. The smallest absolute Gasteiger partial charge is 0.321 e. The minimum absolute atomic E-state index is 0.00811. The van der Waals surface area contributed by atoms with E-state index in [4.69, 9.17) is 0 Å². The summed E-state index contributed by atoms with van der Waals surface area (Å²) in [6, 6.07) is 9.51. The minimum atomic E-state index is -0.0498. The van der Waals surface area contributed by atoms with Crippen molar-refractivity contribution in [3.05, 3.63) is 48.5 Å². The summed E-state index contributed by atoms with van der Waals surface area (Å²) in [5.41, 5.74) is 1.86. The molecule has 2 aliphatic rings. The van der Waals surface area contributed by atoms with E-state index in [2.05, 4.69) is 15.3 Å². The number of rotatable bonds is 4. The predicted octanol–water partition coefficient (Wildman–Crippen LogP) is 2.89. The highest BCUT2D eigenvalue weighted by Gasteiger charge is 2.42. The second kappa shape index (κ2) is 8.04. The van der Waals surface area contributed by atoms with Gasteiger partial charge in [0, 0.05) is 62.0 Å². The zero-order chi connectivity index (χ0) is 19.4. The first kappa shape index (κ1) is 18.5. The maximum Gasteiger partial charge on any atom is 0.321 e. The first-order chi connectivity index (χ1) is 13.6. The van der Waals surface area contributed by atoms with Crippen molar-refractivity contribution in [2.24, 2.45) is 5.41 Å². The number of aromatic amines is 1. The van der Waals surface area contributed by atoms with Gasteiger partial charge < -0.3 is 20.1 Å². The molecule has 148 valence electrons. The molecule has 0 unspecified atom stereocenters. The zero-order valence-electron chi connectivity index (χ0n) is 16.1. The lowest BCUT2D eigenvalue weighted by Crippen LogP contribution is -2.56. The number of benzene rings is 1. The molecule has 0 aliphatic carbocycles. The summed E-state index contributed by atoms with van der Waals surface area (Å²) in [7, 11) is 0. The Bertz CT molecular complexity index is 807. The number of urea groups is 1. The van der Waals surface area contributed by atoms with E-state index in [1.807, 2.05) is 40.1 Å². The number of aromatic nitrogens is 2. The van der Waals surface area contributed by atoms with Crippen LogP contribution in [0.5, 0.6) is 0 Å². The number of amides is 3. The van der Waals surface area contributed by atoms with E-state index in [1.165, 1.54) is 0 Å². The van der Waals surface area contributed by atoms with Crippen molar-refractivity contribution in [1.82, 2.24) is 19.8 Å². The van der Waals surface area contributed by atoms with Crippen molar-refractivity contribution in [3.63, 3.8) is 0 Å². The number of piperidine rings is 2. The molecule has 7 heteroatoms. The molecular formula is C21H27N5O2. The van der Waals surface area contributed by atoms with Crippen LogP contribution < -0.4 is 5.32 Å². The molecule has 1 atom stereocenters. The van der Waals surface area contributed by atoms with E-state index in [1.54, 1.807) is 12.5 Å². The summed E-state index contributed by atoms with van der Waals surface area (Å²) in [6.45, 7) is 2.90. The largest absolute Gasteiger partial charge is 0.348 e. The van der Waals surface area contributed by atoms with Gasteiger partial charge in [-0.15, -0.1) is 0 Å². The number of carbonyl (C=O) groups is 2. The van der Waals surface area contributed by atoms with E-state index >= 15 is 0 Å². The third-order valence-corrected chi connectivity index (χ3v) is 5.93. The van der Waals surface area contributed by atoms with Gasteiger partial charge in [-0.05, 0) is 31.4 Å². The third-order valence-electron chi connectivity index (χ3n) is 5.93. The van der Waals surface area contributed by atoms with Crippen LogP contribution in [0.15, 0.2) is 42.9 Å². The fourth-order valence-electron chi connectivity index (χ4n) is 4.42. The average Bonchev–Trinajstić information content (AvgIpc) is 3.23. The molecule has 2 N–H and O–H groups in total. The van der Waals surface area contributed by atoms with Crippen molar-refractivity contribution >= 4 is 17.6 Å². The van der Waals surface area contributed by atoms with Crippen LogP contribution in [0.1, 0.15) is 31.4 Å². The Hall–Kier alpha value is -2.83. The van der Waals surface area contributed by atoms with Crippen LogP contribution in [0.3, 0.4) is 0 Å². The zero-order valence-corrected chi connectivity index (χ0v) is 16.1. The number of imidazole rings is 1. The minimum Gasteiger partial charge on any atom is -0.348 e. The number of hydrogen-bond acceptors (Lipinski definition) is 3. The normalized spacial score (nSPS) is 22.5. The number of H-pyrrole nitrogens is 1. The van der Waals surface area contributed by atoms with Gasteiger partial charge in [0.2, 0.25) is 5.91 Å². The van der Waals surface area contributed by atoms with Gasteiger partial charge in [-0.25, -0.2) is 9.78 Å². The quantitative estimate of drug-likeness (QED) is 0.854. The van der Waals surface area contributed by atoms with Crippen molar-refractivity contribution in [3.8, 4) is 0 Å². The molecule has 0 radical (unpaired) electrons. The van der Waals surface area contributed by atoms with Crippen LogP contribution in [0.25, 0.3) is 0 Å². The van der Waals surface area contributed by atoms with E-state index in [-0.39, 0.29) is 17.4 Å². The molecule has 2 aromatic rings. The number of nitrogens with one attached hydrogen (secondary N) is 2. The maximum absolute atomic E-state index is 12.7. The molecule has 2 fully saturated rings. The molecule has 1 aromatic heterocycles. The van der Waals surface area contributed by atoms with Crippen LogP contribution in [0, 0.1) is 5.41 Å². The van der Waals surface area contributed by atoms with Gasteiger partial charge in [-0.3, -0.25) is 4.79 Å². The summed E-state index contributed by atoms with van der Waals surface area (Å²) in [4.78, 5) is 36.2. The molecule has 2 saturated heterocycles. The van der Waals surface area contributed by atoms with Crippen LogP contribution in [-0.2, 0) is 11.2 Å². The van der Waals surface area contributed by atoms with Gasteiger partial charge in [0.25, 0.3) is 0 Å². The highest BCUT2D eigenvalue weighted by atomic mass is 16.2. The first-order valence-corrected chi connectivity index (χ1v) is 10.00. The molecule has 0 bridgehead atoms. The second-order valence-electron chi connectivity index (χ2n) is 7.96. The molecule has 2 aliphatic heterocycles. The van der Waals surface area contributed by atoms with Crippen LogP contribution >= 0.6 is 0 Å². The second-order valence-corrected chi connectivity index (χ2v) is 7.96. The molecule has 0 saturated carbocycles. The van der Waals surface area contributed by atoms with Gasteiger partial charge in [0.1, 0.15) is 0 Å². The summed E-state index contributed by atoms with van der Waals surface area (Å²) >= 11 is 0. The van der Waals surface area contributed by atoms with E-state index < -0.39 is 0 Å². The number of likely N-dealkylation sites (tertiary alicyclic amines) is 2. The number of carbonyl (C=O) groups excluding carboxylic acids is 2. The van der Waals surface area contributed by atoms with Crippen LogP contribution in [-0.4, -0.2) is 57.9 Å². The number of nitrogens with zero attached hydrogens (tertiary/aromatic N) is 3. The molecule has 1 spiro atoms. The lowest BCUT2D eigenvalue weighted by atomic mass is 9.73. The van der Waals surface area contributed by atoms with Crippen LogP contribution in [0.4, 0.5) is 10.5 Å². The Morgan fingerprint density at radius 2 is 2.07 bits per heavy atom. The number of hydrogen-bond donors (Lipinski definition) is 2.